The first-order chi connectivity index (χ1) is 5.24. The Morgan fingerprint density at radius 2 is 2.18 bits per heavy atom. The Morgan fingerprint density at radius 3 is 2.82 bits per heavy atom. The smallest absolute Gasteiger partial charge is 0.123 e. The van der Waals surface area contributed by atoms with Gasteiger partial charge in [0.25, 0.3) is 0 Å². The highest BCUT2D eigenvalue weighted by Gasteiger charge is 1.94. The van der Waals surface area contributed by atoms with Crippen molar-refractivity contribution in [2.75, 3.05) is 7.05 Å². The van der Waals surface area contributed by atoms with Gasteiger partial charge in [0.2, 0.25) is 0 Å². The zero-order chi connectivity index (χ0) is 8.27. The van der Waals surface area contributed by atoms with Crippen molar-refractivity contribution in [1.29, 1.82) is 0 Å². The summed E-state index contributed by atoms with van der Waals surface area (Å²) in [5.74, 6) is -0.186. The molecule has 0 unspecified atom stereocenters. The molecule has 0 aliphatic rings. The van der Waals surface area contributed by atoms with Crippen molar-refractivity contribution in [2.24, 2.45) is 0 Å². The van der Waals surface area contributed by atoms with E-state index in [0.717, 1.165) is 11.1 Å². The fraction of sp³-hybridized carbons (Fsp3) is 0.333. The summed E-state index contributed by atoms with van der Waals surface area (Å²) in [7, 11) is 1.73. The second kappa shape index (κ2) is 3.49. The molecule has 1 aromatic carbocycles. The van der Waals surface area contributed by atoms with E-state index in [1.807, 2.05) is 6.92 Å². The van der Waals surface area contributed by atoms with Gasteiger partial charge in [0.15, 0.2) is 0 Å². The van der Waals surface area contributed by atoms with Crippen molar-refractivity contribution in [1.82, 2.24) is 0 Å². The second-order valence-electron chi connectivity index (χ2n) is 2.55. The molecule has 0 aliphatic heterocycles. The van der Waals surface area contributed by atoms with Gasteiger partial charge in [0.05, 0.1) is 0 Å². The molecule has 0 heterocycles. The molecule has 0 saturated heterocycles. The third kappa shape index (κ3) is 2.02. The maximum absolute atomic E-state index is 12.6. The van der Waals surface area contributed by atoms with Crippen molar-refractivity contribution in [3.8, 4) is 0 Å². The summed E-state index contributed by atoms with van der Waals surface area (Å²) in [6, 6.07) is 4.77. The third-order valence-electron chi connectivity index (χ3n) is 1.64. The monoisotopic (exact) mass is 152 g/mol. The molecule has 0 amide bonds. The fourth-order valence-corrected chi connectivity index (χ4v) is 0.981. The molecule has 1 nitrogen and oxygen atoms in total. The molecule has 2 heteroatoms. The molecular weight excluding hydrogens is 141 g/mol. The summed E-state index contributed by atoms with van der Waals surface area (Å²) in [5, 5.41) is 3.94. The van der Waals surface area contributed by atoms with E-state index in [1.165, 1.54) is 12.1 Å². The highest BCUT2D eigenvalue weighted by molar-refractivity contribution is 5.27. The Kier molecular flexibility index (Phi) is 2.60. The van der Waals surface area contributed by atoms with Gasteiger partial charge in [-0.25, -0.2) is 4.39 Å². The maximum Gasteiger partial charge on any atom is 0.123 e. The molecular formula is C9H11FN-. The summed E-state index contributed by atoms with van der Waals surface area (Å²) in [6.07, 6.45) is 0. The van der Waals surface area contributed by atoms with E-state index < -0.39 is 0 Å². The van der Waals surface area contributed by atoms with Crippen molar-refractivity contribution < 1.29 is 4.39 Å². The lowest BCUT2D eigenvalue weighted by Crippen LogP contribution is -1.88. The van der Waals surface area contributed by atoms with Gasteiger partial charge in [-0.2, -0.15) is 7.05 Å². The highest BCUT2D eigenvalue weighted by Crippen LogP contribution is 2.11. The Balaban J connectivity index is 2.93. The average molecular weight is 152 g/mol. The fourth-order valence-electron chi connectivity index (χ4n) is 0.981. The Hall–Kier alpha value is -0.890. The van der Waals surface area contributed by atoms with Gasteiger partial charge in [-0.3, -0.25) is 0 Å². The van der Waals surface area contributed by atoms with E-state index in [9.17, 15) is 4.39 Å². The van der Waals surface area contributed by atoms with E-state index in [4.69, 9.17) is 0 Å². The summed E-state index contributed by atoms with van der Waals surface area (Å²) in [6.45, 7) is 2.56. The van der Waals surface area contributed by atoms with E-state index in [2.05, 4.69) is 5.32 Å². The number of halogens is 1. The number of nitrogens with zero attached hydrogens (tertiary/aromatic N) is 1. The maximum atomic E-state index is 12.6. The number of hydrogen-bond donors (Lipinski definition) is 0. The third-order valence-corrected chi connectivity index (χ3v) is 1.64. The van der Waals surface area contributed by atoms with Gasteiger partial charge in [0.1, 0.15) is 5.82 Å². The quantitative estimate of drug-likeness (QED) is 0.618. The molecule has 11 heavy (non-hydrogen) atoms. The molecule has 0 spiro atoms. The van der Waals surface area contributed by atoms with Crippen LogP contribution in [-0.2, 0) is 6.54 Å². The summed E-state index contributed by atoms with van der Waals surface area (Å²) in [5.41, 5.74) is 2.06. The Labute approximate surface area is 66.2 Å². The van der Waals surface area contributed by atoms with Crippen molar-refractivity contribution in [3.63, 3.8) is 0 Å². The molecule has 0 aliphatic carbocycles. The van der Waals surface area contributed by atoms with Crippen LogP contribution in [-0.4, -0.2) is 7.05 Å². The second-order valence-corrected chi connectivity index (χ2v) is 2.55. The number of rotatable bonds is 2. The summed E-state index contributed by atoms with van der Waals surface area (Å²) >= 11 is 0. The summed E-state index contributed by atoms with van der Waals surface area (Å²) < 4.78 is 12.6. The molecule has 0 aromatic heterocycles. The van der Waals surface area contributed by atoms with Gasteiger partial charge < -0.3 is 5.32 Å². The van der Waals surface area contributed by atoms with Crippen LogP contribution in [0.1, 0.15) is 11.1 Å². The highest BCUT2D eigenvalue weighted by atomic mass is 19.1. The Morgan fingerprint density at radius 1 is 1.45 bits per heavy atom. The molecule has 0 radical (unpaired) electrons. The van der Waals surface area contributed by atoms with Crippen LogP contribution >= 0.6 is 0 Å². The van der Waals surface area contributed by atoms with Gasteiger partial charge in [-0.05, 0) is 24.6 Å². The van der Waals surface area contributed by atoms with E-state index in [-0.39, 0.29) is 5.82 Å². The molecule has 0 bridgehead atoms. The average Bonchev–Trinajstić information content (AvgIpc) is 1.98. The number of aryl methyl sites for hydroxylation is 1. The SMILES string of the molecule is C[N-]Cc1cc(F)ccc1C. The van der Waals surface area contributed by atoms with Gasteiger partial charge in [-0.1, -0.05) is 11.6 Å². The van der Waals surface area contributed by atoms with Crippen LogP contribution in [0.25, 0.3) is 5.32 Å². The molecule has 1 aromatic rings. The van der Waals surface area contributed by atoms with E-state index >= 15 is 0 Å². The number of benzene rings is 1. The van der Waals surface area contributed by atoms with Crippen LogP contribution in [0.5, 0.6) is 0 Å². The molecule has 1 rings (SSSR count). The van der Waals surface area contributed by atoms with Crippen LogP contribution in [0.2, 0.25) is 0 Å². The zero-order valence-electron chi connectivity index (χ0n) is 6.76. The molecule has 0 saturated carbocycles. The van der Waals surface area contributed by atoms with Gasteiger partial charge >= 0.3 is 0 Å². The lowest BCUT2D eigenvalue weighted by molar-refractivity contribution is 0.625. The first-order valence-corrected chi connectivity index (χ1v) is 3.54. The minimum Gasteiger partial charge on any atom is -0.661 e. The zero-order valence-corrected chi connectivity index (χ0v) is 6.76. The van der Waals surface area contributed by atoms with Crippen LogP contribution in [0.15, 0.2) is 18.2 Å². The first kappa shape index (κ1) is 8.21. The lowest BCUT2D eigenvalue weighted by Gasteiger charge is -2.13. The van der Waals surface area contributed by atoms with Crippen LogP contribution in [0, 0.1) is 12.7 Å². The predicted octanol–water partition coefficient (Wildman–Crippen LogP) is 2.64. The standard InChI is InChI=1S/C9H11FN/c1-7-3-4-9(10)5-8(7)6-11-2/h3-5H,6H2,1-2H3/q-1. The van der Waals surface area contributed by atoms with Crippen molar-refractivity contribution in [2.45, 2.75) is 13.5 Å². The topological polar surface area (TPSA) is 14.1 Å². The van der Waals surface area contributed by atoms with Gasteiger partial charge in [0, 0.05) is 0 Å². The minimum absolute atomic E-state index is 0.186. The largest absolute Gasteiger partial charge is 0.661 e. The van der Waals surface area contributed by atoms with Crippen molar-refractivity contribution in [3.05, 3.63) is 40.5 Å². The molecule has 0 atom stereocenters. The van der Waals surface area contributed by atoms with Crippen LogP contribution in [0.3, 0.4) is 0 Å². The van der Waals surface area contributed by atoms with E-state index in [1.54, 1.807) is 13.1 Å². The minimum atomic E-state index is -0.186. The van der Waals surface area contributed by atoms with E-state index in [0.29, 0.717) is 6.54 Å². The number of hydrogen-bond acceptors (Lipinski definition) is 0. The van der Waals surface area contributed by atoms with Crippen LogP contribution in [0.4, 0.5) is 4.39 Å². The lowest BCUT2D eigenvalue weighted by atomic mass is 10.1. The molecule has 60 valence electrons. The van der Waals surface area contributed by atoms with Crippen LogP contribution < -0.4 is 0 Å². The Bertz CT molecular complexity index is 245. The van der Waals surface area contributed by atoms with Gasteiger partial charge in [-0.15, -0.1) is 6.54 Å². The van der Waals surface area contributed by atoms with Crippen molar-refractivity contribution >= 4 is 0 Å². The molecule has 0 fully saturated rings. The molecule has 0 N–H and O–H groups in total. The normalized spacial score (nSPS) is 10.1. The predicted molar refractivity (Wildman–Crippen MR) is 44.1 cm³/mol. The first-order valence-electron chi connectivity index (χ1n) is 3.54. The summed E-state index contributed by atoms with van der Waals surface area (Å²) in [4.78, 5) is 0.